The summed E-state index contributed by atoms with van der Waals surface area (Å²) in [5.41, 5.74) is 1.92. The molecule has 26 heavy (non-hydrogen) atoms. The zero-order valence-electron chi connectivity index (χ0n) is 15.5. The van der Waals surface area contributed by atoms with E-state index in [0.717, 1.165) is 36.9 Å². The van der Waals surface area contributed by atoms with Crippen LogP contribution in [0.4, 0.5) is 22.2 Å². The Bertz CT molecular complexity index is 719. The lowest BCUT2D eigenvalue weighted by atomic mass is 10.2. The van der Waals surface area contributed by atoms with E-state index in [9.17, 15) is 4.39 Å². The molecule has 0 saturated carbocycles. The van der Waals surface area contributed by atoms with Crippen molar-refractivity contribution in [3.05, 3.63) is 47.8 Å². The van der Waals surface area contributed by atoms with Crippen molar-refractivity contribution in [3.63, 3.8) is 0 Å². The highest BCUT2D eigenvalue weighted by Gasteiger charge is 2.07. The monoisotopic (exact) mass is 358 g/mol. The number of halogens is 1. The van der Waals surface area contributed by atoms with Crippen molar-refractivity contribution in [3.8, 4) is 0 Å². The minimum Gasteiger partial charge on any atom is -0.354 e. The van der Waals surface area contributed by atoms with Gasteiger partial charge in [0, 0.05) is 19.6 Å². The first-order valence-electron chi connectivity index (χ1n) is 8.93. The molecule has 7 heteroatoms. The number of benzene rings is 1. The Balaban J connectivity index is 2.06. The Kier molecular flexibility index (Phi) is 7.79. The highest BCUT2D eigenvalue weighted by atomic mass is 19.1. The van der Waals surface area contributed by atoms with Crippen LogP contribution in [0.25, 0.3) is 0 Å². The number of hydrogen-bond acceptors (Lipinski definition) is 6. The first-order chi connectivity index (χ1) is 12.6. The summed E-state index contributed by atoms with van der Waals surface area (Å²) >= 11 is 0. The molecule has 1 aromatic carbocycles. The predicted molar refractivity (Wildman–Crippen MR) is 105 cm³/mol. The largest absolute Gasteiger partial charge is 0.354 e. The zero-order valence-corrected chi connectivity index (χ0v) is 15.5. The molecular formula is C19H27FN6. The van der Waals surface area contributed by atoms with Crippen molar-refractivity contribution in [1.82, 2.24) is 15.0 Å². The molecule has 1 aromatic heterocycles. The second kappa shape index (κ2) is 10.3. The van der Waals surface area contributed by atoms with E-state index in [1.165, 1.54) is 12.1 Å². The molecule has 2 aromatic rings. The van der Waals surface area contributed by atoms with Crippen LogP contribution < -0.4 is 16.0 Å². The maximum Gasteiger partial charge on any atom is 0.229 e. The summed E-state index contributed by atoms with van der Waals surface area (Å²) in [5.74, 6) is 1.21. The Morgan fingerprint density at radius 1 is 1.04 bits per heavy atom. The molecular weight excluding hydrogens is 331 g/mol. The molecule has 6 nitrogen and oxygen atoms in total. The molecule has 0 spiro atoms. The van der Waals surface area contributed by atoms with Gasteiger partial charge in [-0.2, -0.15) is 15.0 Å². The third-order valence-corrected chi connectivity index (χ3v) is 3.62. The lowest BCUT2D eigenvalue weighted by Gasteiger charge is -2.11. The summed E-state index contributed by atoms with van der Waals surface area (Å²) < 4.78 is 13.3. The van der Waals surface area contributed by atoms with E-state index in [2.05, 4.69) is 44.4 Å². The summed E-state index contributed by atoms with van der Waals surface area (Å²) in [6.45, 7) is 9.95. The normalized spacial score (nSPS) is 10.4. The summed E-state index contributed by atoms with van der Waals surface area (Å²) in [5, 5.41) is 9.54. The molecule has 0 aliphatic rings. The fraction of sp³-hybridized carbons (Fsp3) is 0.421. The van der Waals surface area contributed by atoms with Gasteiger partial charge in [-0.1, -0.05) is 31.1 Å². The molecule has 0 aliphatic carbocycles. The smallest absolute Gasteiger partial charge is 0.229 e. The fourth-order valence-corrected chi connectivity index (χ4v) is 2.21. The van der Waals surface area contributed by atoms with Crippen LogP contribution in [0.3, 0.4) is 0 Å². The summed E-state index contributed by atoms with van der Waals surface area (Å²) in [7, 11) is 0. The van der Waals surface area contributed by atoms with Gasteiger partial charge in [0.05, 0.1) is 0 Å². The van der Waals surface area contributed by atoms with Gasteiger partial charge in [0.1, 0.15) is 5.82 Å². The van der Waals surface area contributed by atoms with Crippen molar-refractivity contribution < 1.29 is 4.39 Å². The number of hydrogen-bond donors (Lipinski definition) is 3. The Morgan fingerprint density at radius 2 is 1.69 bits per heavy atom. The van der Waals surface area contributed by atoms with Gasteiger partial charge in [-0.3, -0.25) is 0 Å². The van der Waals surface area contributed by atoms with Crippen LogP contribution in [-0.2, 0) is 6.54 Å². The van der Waals surface area contributed by atoms with Crippen molar-refractivity contribution in [2.75, 3.05) is 29.0 Å². The van der Waals surface area contributed by atoms with E-state index in [4.69, 9.17) is 0 Å². The van der Waals surface area contributed by atoms with Crippen LogP contribution in [-0.4, -0.2) is 28.0 Å². The van der Waals surface area contributed by atoms with Gasteiger partial charge < -0.3 is 16.0 Å². The summed E-state index contributed by atoms with van der Waals surface area (Å²) in [4.78, 5) is 13.2. The third kappa shape index (κ3) is 7.04. The molecule has 0 fully saturated rings. The molecule has 2 rings (SSSR count). The minimum atomic E-state index is -0.260. The molecule has 1 heterocycles. The maximum absolute atomic E-state index is 13.3. The van der Waals surface area contributed by atoms with Crippen LogP contribution in [0, 0.1) is 5.82 Å². The SMILES string of the molecule is C=C(C)CCNc1nc(NCCCC)nc(NCc2cccc(F)c2)n1. The van der Waals surface area contributed by atoms with Gasteiger partial charge in [-0.15, -0.1) is 6.58 Å². The predicted octanol–water partition coefficient (Wildman–Crippen LogP) is 4.21. The van der Waals surface area contributed by atoms with E-state index < -0.39 is 0 Å². The Morgan fingerprint density at radius 3 is 2.31 bits per heavy atom. The first-order valence-corrected chi connectivity index (χ1v) is 8.93. The number of aromatic nitrogens is 3. The minimum absolute atomic E-state index is 0.260. The van der Waals surface area contributed by atoms with Crippen molar-refractivity contribution >= 4 is 17.8 Å². The highest BCUT2D eigenvalue weighted by molar-refractivity contribution is 5.42. The summed E-state index contributed by atoms with van der Waals surface area (Å²) in [6.07, 6.45) is 2.97. The quantitative estimate of drug-likeness (QED) is 0.413. The number of rotatable bonds is 11. The Labute approximate surface area is 154 Å². The van der Waals surface area contributed by atoms with Gasteiger partial charge in [0.25, 0.3) is 0 Å². The van der Waals surface area contributed by atoms with Crippen molar-refractivity contribution in [2.24, 2.45) is 0 Å². The van der Waals surface area contributed by atoms with Crippen LogP contribution in [0.5, 0.6) is 0 Å². The average Bonchev–Trinajstić information content (AvgIpc) is 2.60. The molecule has 140 valence electrons. The van der Waals surface area contributed by atoms with Crippen LogP contribution in [0.15, 0.2) is 36.4 Å². The lowest BCUT2D eigenvalue weighted by molar-refractivity contribution is 0.626. The molecule has 0 atom stereocenters. The van der Waals surface area contributed by atoms with Gasteiger partial charge in [0.2, 0.25) is 17.8 Å². The van der Waals surface area contributed by atoms with Crippen molar-refractivity contribution in [1.29, 1.82) is 0 Å². The van der Waals surface area contributed by atoms with E-state index >= 15 is 0 Å². The molecule has 0 saturated heterocycles. The average molecular weight is 358 g/mol. The third-order valence-electron chi connectivity index (χ3n) is 3.62. The van der Waals surface area contributed by atoms with Gasteiger partial charge in [-0.05, 0) is 37.5 Å². The number of unbranched alkanes of at least 4 members (excludes halogenated alkanes) is 1. The van der Waals surface area contributed by atoms with E-state index in [1.54, 1.807) is 6.07 Å². The highest BCUT2D eigenvalue weighted by Crippen LogP contribution is 2.12. The van der Waals surface area contributed by atoms with Gasteiger partial charge >= 0.3 is 0 Å². The number of nitrogens with one attached hydrogen (secondary N) is 3. The Hall–Kier alpha value is -2.70. The molecule has 0 radical (unpaired) electrons. The van der Waals surface area contributed by atoms with E-state index in [1.807, 2.05) is 13.0 Å². The fourth-order valence-electron chi connectivity index (χ4n) is 2.21. The second-order valence-corrected chi connectivity index (χ2v) is 6.20. The lowest BCUT2D eigenvalue weighted by Crippen LogP contribution is -2.13. The topological polar surface area (TPSA) is 74.8 Å². The van der Waals surface area contributed by atoms with Gasteiger partial charge in [-0.25, -0.2) is 4.39 Å². The van der Waals surface area contributed by atoms with E-state index in [-0.39, 0.29) is 5.82 Å². The molecule has 0 bridgehead atoms. The standard InChI is InChI=1S/C19H27FN6/c1-4-5-10-21-17-24-18(22-11-9-14(2)3)26-19(25-17)23-13-15-7-6-8-16(20)12-15/h6-8,12H,2,4-5,9-11,13H2,1,3H3,(H3,21,22,23,24,25,26). The molecule has 0 aliphatic heterocycles. The van der Waals surface area contributed by atoms with Crippen molar-refractivity contribution in [2.45, 2.75) is 39.7 Å². The van der Waals surface area contributed by atoms with Crippen LogP contribution in [0.1, 0.15) is 38.7 Å². The first kappa shape index (κ1) is 19.6. The number of anilines is 3. The van der Waals surface area contributed by atoms with E-state index in [0.29, 0.717) is 30.9 Å². The van der Waals surface area contributed by atoms with Gasteiger partial charge in [0.15, 0.2) is 0 Å². The maximum atomic E-state index is 13.3. The molecule has 0 amide bonds. The van der Waals surface area contributed by atoms with Crippen LogP contribution >= 0.6 is 0 Å². The second-order valence-electron chi connectivity index (χ2n) is 6.20. The summed E-state index contributed by atoms with van der Waals surface area (Å²) in [6, 6.07) is 6.44. The van der Waals surface area contributed by atoms with Crippen LogP contribution in [0.2, 0.25) is 0 Å². The molecule has 3 N–H and O–H groups in total. The zero-order chi connectivity index (χ0) is 18.8. The number of nitrogens with zero attached hydrogens (tertiary/aromatic N) is 3. The molecule has 0 unspecified atom stereocenters.